The minimum Gasteiger partial charge on any atom is -0.406 e. The zero-order valence-electron chi connectivity index (χ0n) is 38.1. The van der Waals surface area contributed by atoms with Crippen LogP contribution in [-0.2, 0) is 21.7 Å². The van der Waals surface area contributed by atoms with Crippen LogP contribution in [0.5, 0.6) is 5.75 Å². The average molecular weight is 829 g/mol. The largest absolute Gasteiger partial charge is 0.573 e. The maximum atomic E-state index is 14.6. The van der Waals surface area contributed by atoms with Crippen LogP contribution in [0.2, 0.25) is 0 Å². The molecule has 7 aromatic rings. The molecular weight excluding hydrogens is 772 g/mol. The van der Waals surface area contributed by atoms with Crippen molar-refractivity contribution in [2.24, 2.45) is 0 Å². The monoisotopic (exact) mass is 828 g/mol. The topological polar surface area (TPSA) is 15.7 Å². The highest BCUT2D eigenvalue weighted by atomic mass is 19.4. The van der Waals surface area contributed by atoms with Crippen LogP contribution in [-0.4, -0.2) is 13.1 Å². The summed E-state index contributed by atoms with van der Waals surface area (Å²) < 4.78 is 48.9. The third-order valence-electron chi connectivity index (χ3n) is 12.9. The Labute approximate surface area is 365 Å². The maximum absolute atomic E-state index is 14.6. The first-order valence-electron chi connectivity index (χ1n) is 21.8. The van der Waals surface area contributed by atoms with E-state index in [1.54, 1.807) is 12.1 Å². The quantitative estimate of drug-likeness (QED) is 0.165. The van der Waals surface area contributed by atoms with Gasteiger partial charge in [-0.05, 0) is 95.3 Å². The minimum absolute atomic E-state index is 0.0832. The molecule has 0 aliphatic carbocycles. The van der Waals surface area contributed by atoms with E-state index in [0.717, 1.165) is 71.8 Å². The number of alkyl halides is 3. The molecule has 0 atom stereocenters. The molecule has 7 aromatic carbocycles. The van der Waals surface area contributed by atoms with Crippen LogP contribution in [0, 0.1) is 0 Å². The van der Waals surface area contributed by atoms with Gasteiger partial charge in [-0.25, -0.2) is 0 Å². The Hall–Kier alpha value is -5.69. The fourth-order valence-electron chi connectivity index (χ4n) is 9.49. The van der Waals surface area contributed by atoms with E-state index in [2.05, 4.69) is 202 Å². The van der Waals surface area contributed by atoms with Crippen molar-refractivity contribution in [3.63, 3.8) is 0 Å². The zero-order valence-corrected chi connectivity index (χ0v) is 38.1. The van der Waals surface area contributed by atoms with E-state index in [9.17, 15) is 13.2 Å². The Kier molecular flexibility index (Phi) is 9.35. The lowest BCUT2D eigenvalue weighted by Crippen LogP contribution is -2.61. The first-order valence-corrected chi connectivity index (χ1v) is 21.8. The predicted octanol–water partition coefficient (Wildman–Crippen LogP) is 14.2. The summed E-state index contributed by atoms with van der Waals surface area (Å²) in [6.45, 7) is 26.1. The van der Waals surface area contributed by atoms with Gasteiger partial charge in [0.25, 0.3) is 6.71 Å². The highest BCUT2D eigenvalue weighted by Gasteiger charge is 2.46. The number of anilines is 6. The predicted molar refractivity (Wildman–Crippen MR) is 257 cm³/mol. The van der Waals surface area contributed by atoms with Gasteiger partial charge in [-0.15, -0.1) is 13.2 Å². The summed E-state index contributed by atoms with van der Waals surface area (Å²) in [6, 6.07) is 42.5. The smallest absolute Gasteiger partial charge is 0.406 e. The number of benzene rings is 7. The number of nitrogens with zero attached hydrogens (tertiary/aromatic N) is 2. The van der Waals surface area contributed by atoms with Gasteiger partial charge < -0.3 is 14.5 Å². The molecule has 9 rings (SSSR count). The molecular formula is C55H56BF3N2O. The van der Waals surface area contributed by atoms with Crippen molar-refractivity contribution in [2.45, 2.75) is 111 Å². The summed E-state index contributed by atoms with van der Waals surface area (Å²) in [5.41, 5.74) is 12.2. The van der Waals surface area contributed by atoms with Crippen molar-refractivity contribution in [3.05, 3.63) is 144 Å². The molecule has 0 spiro atoms. The second-order valence-corrected chi connectivity index (χ2v) is 21.5. The number of rotatable bonds is 3. The fraction of sp³-hybridized carbons (Fsp3) is 0.309. The summed E-state index contributed by atoms with van der Waals surface area (Å²) in [7, 11) is 0. The minimum atomic E-state index is -4.92. The summed E-state index contributed by atoms with van der Waals surface area (Å²) in [6.07, 6.45) is -4.92. The standard InChI is InChI=1S/C55H56BF3N2O/c1-51(2,3)35-15-13-17-39(29-35)60-46-31-41(62-55(57,58)59)32-47-48(46)56(44-25-19-33-27-37(53(7,8)9)21-23-42(33)49(44)60)45-26-20-34-28-38(54(10,11)12)22-24-43(34)50(45)61(47)40-18-14-16-36(30-40)52(4,5)6/h13-32H,1-12H3. The van der Waals surface area contributed by atoms with Crippen molar-refractivity contribution in [1.29, 1.82) is 0 Å². The zero-order chi connectivity index (χ0) is 44.5. The molecule has 316 valence electrons. The van der Waals surface area contributed by atoms with Crippen molar-refractivity contribution in [2.75, 3.05) is 9.80 Å². The molecule has 7 heteroatoms. The number of fused-ring (bicyclic) bond motifs is 8. The molecule has 3 nitrogen and oxygen atoms in total. The SMILES string of the molecule is CC(C)(C)c1cccc(N2c3cc(OC(F)(F)F)cc4c3B(c3ccc5cc(C(C)(C)C)ccc5c32)c2ccc3cc(C(C)(C)C)ccc3c2N4c2cccc(C(C)(C)C)c2)c1. The lowest BCUT2D eigenvalue weighted by atomic mass is 9.33. The van der Waals surface area contributed by atoms with E-state index in [1.807, 2.05) is 0 Å². The van der Waals surface area contributed by atoms with Crippen LogP contribution in [0.25, 0.3) is 21.5 Å². The molecule has 0 N–H and O–H groups in total. The van der Waals surface area contributed by atoms with Crippen molar-refractivity contribution in [3.8, 4) is 5.75 Å². The van der Waals surface area contributed by atoms with E-state index in [0.29, 0.717) is 11.4 Å². The molecule has 0 fully saturated rings. The second kappa shape index (κ2) is 13.9. The molecule has 0 radical (unpaired) electrons. The van der Waals surface area contributed by atoms with Crippen LogP contribution in [0.1, 0.15) is 105 Å². The fourth-order valence-corrected chi connectivity index (χ4v) is 9.49. The van der Waals surface area contributed by atoms with Gasteiger partial charge >= 0.3 is 6.36 Å². The molecule has 0 saturated carbocycles. The number of hydrogen-bond donors (Lipinski definition) is 0. The van der Waals surface area contributed by atoms with Crippen LogP contribution in [0.4, 0.5) is 47.3 Å². The molecule has 0 saturated heterocycles. The Balaban J connectivity index is 1.46. The van der Waals surface area contributed by atoms with E-state index in [-0.39, 0.29) is 34.1 Å². The first kappa shape index (κ1) is 41.7. The van der Waals surface area contributed by atoms with Crippen molar-refractivity contribution >= 4 is 78.8 Å². The van der Waals surface area contributed by atoms with Crippen LogP contribution < -0.4 is 30.9 Å². The van der Waals surface area contributed by atoms with Gasteiger partial charge in [0, 0.05) is 57.0 Å². The van der Waals surface area contributed by atoms with Gasteiger partial charge in [-0.2, -0.15) is 0 Å². The molecule has 0 unspecified atom stereocenters. The highest BCUT2D eigenvalue weighted by Crippen LogP contribution is 2.50. The summed E-state index contributed by atoms with van der Waals surface area (Å²) in [5, 5.41) is 4.21. The third-order valence-corrected chi connectivity index (χ3v) is 12.9. The van der Waals surface area contributed by atoms with Gasteiger partial charge in [-0.3, -0.25) is 0 Å². The summed E-state index contributed by atoms with van der Waals surface area (Å²) in [5.74, 6) is -0.267. The van der Waals surface area contributed by atoms with Crippen molar-refractivity contribution in [1.82, 2.24) is 0 Å². The molecule has 2 aliphatic rings. The van der Waals surface area contributed by atoms with E-state index >= 15 is 0 Å². The molecule has 0 aromatic heterocycles. The Bertz CT molecular complexity index is 2750. The van der Waals surface area contributed by atoms with Gasteiger partial charge in [-0.1, -0.05) is 168 Å². The van der Waals surface area contributed by atoms with Gasteiger partial charge in [0.05, 0.1) is 0 Å². The Morgan fingerprint density at radius 3 is 1.19 bits per heavy atom. The van der Waals surface area contributed by atoms with E-state index in [1.165, 1.54) is 11.1 Å². The lowest BCUT2D eigenvalue weighted by molar-refractivity contribution is -0.274. The number of ether oxygens (including phenoxy) is 1. The Morgan fingerprint density at radius 1 is 0.435 bits per heavy atom. The molecule has 2 heterocycles. The molecule has 62 heavy (non-hydrogen) atoms. The van der Waals surface area contributed by atoms with Crippen LogP contribution in [0.15, 0.2) is 121 Å². The highest BCUT2D eigenvalue weighted by molar-refractivity contribution is 7.00. The van der Waals surface area contributed by atoms with E-state index in [4.69, 9.17) is 4.74 Å². The molecule has 2 aliphatic heterocycles. The van der Waals surface area contributed by atoms with Crippen molar-refractivity contribution < 1.29 is 17.9 Å². The second-order valence-electron chi connectivity index (χ2n) is 21.5. The van der Waals surface area contributed by atoms with Gasteiger partial charge in [0.15, 0.2) is 0 Å². The summed E-state index contributed by atoms with van der Waals surface area (Å²) in [4.78, 5) is 4.40. The molecule has 0 bridgehead atoms. The van der Waals surface area contributed by atoms with Crippen LogP contribution >= 0.6 is 0 Å². The van der Waals surface area contributed by atoms with Gasteiger partial charge in [0.2, 0.25) is 0 Å². The third kappa shape index (κ3) is 7.11. The first-order chi connectivity index (χ1) is 28.9. The molecule has 0 amide bonds. The van der Waals surface area contributed by atoms with Crippen LogP contribution in [0.3, 0.4) is 0 Å². The number of halogens is 3. The normalized spacial score (nSPS) is 14.3. The summed E-state index contributed by atoms with van der Waals surface area (Å²) >= 11 is 0. The average Bonchev–Trinajstić information content (AvgIpc) is 3.18. The number of hydrogen-bond acceptors (Lipinski definition) is 3. The lowest BCUT2D eigenvalue weighted by Gasteiger charge is -2.45. The van der Waals surface area contributed by atoms with Gasteiger partial charge in [0.1, 0.15) is 5.75 Å². The maximum Gasteiger partial charge on any atom is 0.573 e. The Morgan fingerprint density at radius 2 is 0.823 bits per heavy atom. The van der Waals surface area contributed by atoms with E-state index < -0.39 is 6.36 Å².